The van der Waals surface area contributed by atoms with Crippen molar-refractivity contribution in [3.8, 4) is 29.0 Å². The number of hydrogen-bond acceptors (Lipinski definition) is 6. The first-order valence-electron chi connectivity index (χ1n) is 7.32. The van der Waals surface area contributed by atoms with Crippen molar-refractivity contribution < 1.29 is 13.9 Å². The average Bonchev–Trinajstić information content (AvgIpc) is 3.18. The number of rotatable bonds is 4. The van der Waals surface area contributed by atoms with Gasteiger partial charge >= 0.3 is 6.08 Å². The van der Waals surface area contributed by atoms with Gasteiger partial charge in [0.1, 0.15) is 23.5 Å². The van der Waals surface area contributed by atoms with Gasteiger partial charge in [-0.05, 0) is 37.3 Å². The fraction of sp³-hybridized carbons (Fsp3) is 0.118. The summed E-state index contributed by atoms with van der Waals surface area (Å²) >= 11 is 0. The molecule has 7 heteroatoms. The molecule has 7 nitrogen and oxygen atoms in total. The second kappa shape index (κ2) is 5.69. The van der Waals surface area contributed by atoms with Gasteiger partial charge in [-0.3, -0.25) is 4.40 Å². The second-order valence-electron chi connectivity index (χ2n) is 5.11. The van der Waals surface area contributed by atoms with Crippen molar-refractivity contribution in [1.82, 2.24) is 19.4 Å². The molecule has 0 saturated heterocycles. The average molecular weight is 322 g/mol. The topological polar surface area (TPSA) is 74.7 Å². The van der Waals surface area contributed by atoms with E-state index < -0.39 is 0 Å². The molecule has 0 aliphatic carbocycles. The van der Waals surface area contributed by atoms with Crippen molar-refractivity contribution in [2.45, 2.75) is 6.92 Å². The van der Waals surface area contributed by atoms with Gasteiger partial charge in [0.2, 0.25) is 5.78 Å². The number of methoxy groups -OCH3 is 1. The minimum absolute atomic E-state index is 0.161. The number of hydrogen-bond donors (Lipinski definition) is 0. The van der Waals surface area contributed by atoms with Gasteiger partial charge < -0.3 is 13.9 Å². The first-order chi connectivity index (χ1) is 11.7. The molecule has 0 bridgehead atoms. The number of oxazole rings is 1. The standard InChI is InChI=1S/C17H14N4O3/c1-11-15(21-9-3-8-18-16(21)19-11)14-10-23-17(20-14)24-13-6-4-12(22-2)5-7-13/h3-10H,1-2H3. The third-order valence-corrected chi connectivity index (χ3v) is 3.57. The van der Waals surface area contributed by atoms with Gasteiger partial charge in [-0.1, -0.05) is 0 Å². The lowest BCUT2D eigenvalue weighted by molar-refractivity contribution is 0.330. The largest absolute Gasteiger partial charge is 0.497 e. The SMILES string of the molecule is COc1ccc(Oc2nc(-c3c(C)nc4ncccn34)co2)cc1. The van der Waals surface area contributed by atoms with Crippen LogP contribution in [0.1, 0.15) is 5.69 Å². The Kier molecular flexibility index (Phi) is 3.38. The quantitative estimate of drug-likeness (QED) is 0.572. The normalized spacial score (nSPS) is 10.9. The van der Waals surface area contributed by atoms with E-state index in [4.69, 9.17) is 13.9 Å². The zero-order valence-corrected chi connectivity index (χ0v) is 13.1. The highest BCUT2D eigenvalue weighted by Crippen LogP contribution is 2.28. The predicted octanol–water partition coefficient (Wildman–Crippen LogP) is 3.49. The highest BCUT2D eigenvalue weighted by molar-refractivity contribution is 5.61. The number of aromatic nitrogens is 4. The van der Waals surface area contributed by atoms with Crippen molar-refractivity contribution in [1.29, 1.82) is 0 Å². The summed E-state index contributed by atoms with van der Waals surface area (Å²) in [5.74, 6) is 1.98. The Balaban J connectivity index is 1.65. The van der Waals surface area contributed by atoms with Crippen LogP contribution in [0, 0.1) is 6.92 Å². The molecule has 0 amide bonds. The molecule has 0 saturated carbocycles. The molecule has 24 heavy (non-hydrogen) atoms. The van der Waals surface area contributed by atoms with E-state index in [0.717, 1.165) is 17.1 Å². The summed E-state index contributed by atoms with van der Waals surface area (Å²) in [4.78, 5) is 13.0. The Morgan fingerprint density at radius 2 is 1.88 bits per heavy atom. The Morgan fingerprint density at radius 3 is 2.67 bits per heavy atom. The van der Waals surface area contributed by atoms with Crippen LogP contribution in [0.15, 0.2) is 53.4 Å². The number of fused-ring (bicyclic) bond motifs is 1. The van der Waals surface area contributed by atoms with Crippen LogP contribution in [0.2, 0.25) is 0 Å². The lowest BCUT2D eigenvalue weighted by Crippen LogP contribution is -1.91. The molecule has 1 aromatic carbocycles. The van der Waals surface area contributed by atoms with Gasteiger partial charge in [0.15, 0.2) is 0 Å². The molecule has 0 aliphatic rings. The zero-order chi connectivity index (χ0) is 16.5. The maximum atomic E-state index is 5.63. The van der Waals surface area contributed by atoms with Gasteiger partial charge in [0.25, 0.3) is 0 Å². The van der Waals surface area contributed by atoms with Gasteiger partial charge in [-0.25, -0.2) is 9.97 Å². The fourth-order valence-electron chi connectivity index (χ4n) is 2.46. The third-order valence-electron chi connectivity index (χ3n) is 3.57. The van der Waals surface area contributed by atoms with Crippen molar-refractivity contribution in [3.05, 3.63) is 54.7 Å². The van der Waals surface area contributed by atoms with Crippen molar-refractivity contribution in [3.63, 3.8) is 0 Å². The van der Waals surface area contributed by atoms with Crippen LogP contribution < -0.4 is 9.47 Å². The molecule has 3 aromatic heterocycles. The van der Waals surface area contributed by atoms with E-state index in [1.165, 1.54) is 0 Å². The van der Waals surface area contributed by atoms with E-state index in [2.05, 4.69) is 15.0 Å². The van der Waals surface area contributed by atoms with Gasteiger partial charge in [-0.2, -0.15) is 4.98 Å². The van der Waals surface area contributed by atoms with E-state index in [1.54, 1.807) is 43.8 Å². The first-order valence-corrected chi connectivity index (χ1v) is 7.32. The molecule has 0 unspecified atom stereocenters. The van der Waals surface area contributed by atoms with Crippen molar-refractivity contribution >= 4 is 5.78 Å². The predicted molar refractivity (Wildman–Crippen MR) is 86.3 cm³/mol. The Bertz CT molecular complexity index is 989. The van der Waals surface area contributed by atoms with Crippen LogP contribution in [0.3, 0.4) is 0 Å². The van der Waals surface area contributed by atoms with Crippen LogP contribution >= 0.6 is 0 Å². The van der Waals surface area contributed by atoms with E-state index in [1.807, 2.05) is 23.6 Å². The third kappa shape index (κ3) is 2.45. The molecule has 0 N–H and O–H groups in total. The maximum absolute atomic E-state index is 5.63. The number of aryl methyl sites for hydroxylation is 1. The first kappa shape index (κ1) is 14.3. The molecule has 3 heterocycles. The van der Waals surface area contributed by atoms with E-state index in [9.17, 15) is 0 Å². The summed E-state index contributed by atoms with van der Waals surface area (Å²) in [5, 5.41) is 0. The summed E-state index contributed by atoms with van der Waals surface area (Å²) < 4.78 is 18.0. The zero-order valence-electron chi connectivity index (χ0n) is 13.1. The van der Waals surface area contributed by atoms with Gasteiger partial charge in [-0.15, -0.1) is 0 Å². The maximum Gasteiger partial charge on any atom is 0.399 e. The highest BCUT2D eigenvalue weighted by Gasteiger charge is 2.16. The van der Waals surface area contributed by atoms with Crippen LogP contribution in [-0.4, -0.2) is 26.5 Å². The minimum atomic E-state index is 0.161. The molecule has 0 radical (unpaired) electrons. The number of benzene rings is 1. The van der Waals surface area contributed by atoms with E-state index in [-0.39, 0.29) is 6.08 Å². The van der Waals surface area contributed by atoms with Crippen molar-refractivity contribution in [2.75, 3.05) is 7.11 Å². The van der Waals surface area contributed by atoms with E-state index >= 15 is 0 Å². The molecule has 0 aliphatic heterocycles. The molecule has 0 atom stereocenters. The van der Waals surface area contributed by atoms with E-state index in [0.29, 0.717) is 17.2 Å². The lowest BCUT2D eigenvalue weighted by Gasteiger charge is -2.02. The minimum Gasteiger partial charge on any atom is -0.497 e. The Morgan fingerprint density at radius 1 is 1.08 bits per heavy atom. The molecular weight excluding hydrogens is 308 g/mol. The van der Waals surface area contributed by atoms with Crippen LogP contribution in [-0.2, 0) is 0 Å². The number of nitrogens with zero attached hydrogens (tertiary/aromatic N) is 4. The summed E-state index contributed by atoms with van der Waals surface area (Å²) in [5.41, 5.74) is 2.28. The molecular formula is C17H14N4O3. The second-order valence-corrected chi connectivity index (χ2v) is 5.11. The summed E-state index contributed by atoms with van der Waals surface area (Å²) in [6.45, 7) is 1.91. The van der Waals surface area contributed by atoms with Crippen LogP contribution in [0.5, 0.6) is 17.6 Å². The molecule has 4 aromatic rings. The molecule has 0 spiro atoms. The Hall–Kier alpha value is -3.35. The lowest BCUT2D eigenvalue weighted by atomic mass is 10.3. The Labute approximate surface area is 137 Å². The highest BCUT2D eigenvalue weighted by atomic mass is 16.6. The smallest absolute Gasteiger partial charge is 0.399 e. The van der Waals surface area contributed by atoms with Crippen LogP contribution in [0.4, 0.5) is 0 Å². The number of ether oxygens (including phenoxy) is 2. The summed E-state index contributed by atoms with van der Waals surface area (Å²) in [6, 6.07) is 9.02. The summed E-state index contributed by atoms with van der Waals surface area (Å²) in [7, 11) is 1.61. The van der Waals surface area contributed by atoms with Crippen molar-refractivity contribution in [2.24, 2.45) is 0 Å². The molecule has 4 rings (SSSR count). The monoisotopic (exact) mass is 322 g/mol. The fourth-order valence-corrected chi connectivity index (χ4v) is 2.46. The van der Waals surface area contributed by atoms with Gasteiger partial charge in [0.05, 0.1) is 18.5 Å². The molecule has 0 fully saturated rings. The van der Waals surface area contributed by atoms with Crippen LogP contribution in [0.25, 0.3) is 17.2 Å². The summed E-state index contributed by atoms with van der Waals surface area (Å²) in [6.07, 6.45) is 5.29. The number of imidazole rings is 1. The molecule has 120 valence electrons. The van der Waals surface area contributed by atoms with Gasteiger partial charge in [0, 0.05) is 12.4 Å².